The van der Waals surface area contributed by atoms with Gasteiger partial charge in [0.15, 0.2) is 0 Å². The number of allylic oxidation sites excluding steroid dienone is 4. The Labute approximate surface area is 325 Å². The summed E-state index contributed by atoms with van der Waals surface area (Å²) in [4.78, 5) is 10.5. The lowest BCUT2D eigenvalue weighted by Crippen LogP contribution is -2.30. The Kier molecular flexibility index (Phi) is 7.59. The second kappa shape index (κ2) is 13.2. The van der Waals surface area contributed by atoms with Gasteiger partial charge in [0.05, 0.1) is 40.2 Å². The molecule has 0 bridgehead atoms. The molecule has 0 radical (unpaired) electrons. The van der Waals surface area contributed by atoms with Crippen molar-refractivity contribution >= 4 is 55.6 Å². The lowest BCUT2D eigenvalue weighted by molar-refractivity contribution is 0.815. The summed E-state index contributed by atoms with van der Waals surface area (Å²) in [5.41, 5.74) is 15.5. The van der Waals surface area contributed by atoms with Crippen LogP contribution in [0.15, 0.2) is 194 Å². The quantitative estimate of drug-likeness (QED) is 0.186. The number of nitrogens with zero attached hydrogens (tertiary/aromatic N) is 2. The van der Waals surface area contributed by atoms with E-state index in [0.29, 0.717) is 0 Å². The molecule has 56 heavy (non-hydrogen) atoms. The lowest BCUT2D eigenvalue weighted by atomic mass is 9.90. The first-order valence-corrected chi connectivity index (χ1v) is 19.2. The van der Waals surface area contributed by atoms with Crippen LogP contribution >= 0.6 is 0 Å². The first kappa shape index (κ1) is 32.2. The Morgan fingerprint density at radius 1 is 0.500 bits per heavy atom. The van der Waals surface area contributed by atoms with Gasteiger partial charge in [-0.05, 0) is 68.4 Å². The Morgan fingerprint density at radius 2 is 1.25 bits per heavy atom. The van der Waals surface area contributed by atoms with E-state index in [1.54, 1.807) is 0 Å². The molecule has 2 unspecified atom stereocenters. The molecule has 0 spiro atoms. The third-order valence-electron chi connectivity index (χ3n) is 11.3. The molecule has 0 saturated carbocycles. The zero-order valence-electron chi connectivity index (χ0n) is 30.5. The highest BCUT2D eigenvalue weighted by Gasteiger charge is 2.22. The van der Waals surface area contributed by atoms with Gasteiger partial charge in [-0.15, -0.1) is 0 Å². The predicted molar refractivity (Wildman–Crippen MR) is 234 cm³/mol. The number of anilines is 1. The van der Waals surface area contributed by atoms with Gasteiger partial charge >= 0.3 is 0 Å². The van der Waals surface area contributed by atoms with Crippen molar-refractivity contribution < 1.29 is 0 Å². The normalized spacial score (nSPS) is 17.0. The average Bonchev–Trinajstić information content (AvgIpc) is 3.28. The maximum absolute atomic E-state index is 5.29. The molecule has 4 nitrogen and oxygen atoms in total. The van der Waals surface area contributed by atoms with Crippen LogP contribution < -0.4 is 10.6 Å². The lowest BCUT2D eigenvalue weighted by Gasteiger charge is -2.27. The number of nitrogens with one attached hydrogen (secondary N) is 2. The van der Waals surface area contributed by atoms with E-state index >= 15 is 0 Å². The van der Waals surface area contributed by atoms with E-state index in [9.17, 15) is 0 Å². The Hall–Kier alpha value is -7.30. The van der Waals surface area contributed by atoms with Crippen molar-refractivity contribution in [1.82, 2.24) is 15.3 Å². The van der Waals surface area contributed by atoms with E-state index in [1.807, 2.05) is 6.07 Å². The maximum atomic E-state index is 5.29. The molecule has 0 saturated heterocycles. The molecule has 2 N–H and O–H groups in total. The van der Waals surface area contributed by atoms with Crippen molar-refractivity contribution in [3.63, 3.8) is 0 Å². The smallest absolute Gasteiger partial charge is 0.0947 e. The molecule has 264 valence electrons. The SMILES string of the molecule is C1=CC2=CC=C(c3ccc4ccc(-c5ccc(C6C=Cc7ccc8ccc(-c9ccccc9)nc8c7N6)c6ccccc56)nc4c3)NC2C=C1c1ccccc1. The fourth-order valence-electron chi connectivity index (χ4n) is 8.40. The first-order valence-electron chi connectivity index (χ1n) is 19.2. The van der Waals surface area contributed by atoms with Gasteiger partial charge in [0, 0.05) is 27.6 Å². The van der Waals surface area contributed by atoms with Crippen LogP contribution in [0, 0.1) is 0 Å². The van der Waals surface area contributed by atoms with Crippen LogP contribution in [-0.4, -0.2) is 16.0 Å². The van der Waals surface area contributed by atoms with Gasteiger partial charge in [-0.1, -0.05) is 170 Å². The number of aromatic nitrogens is 2. The summed E-state index contributed by atoms with van der Waals surface area (Å²) < 4.78 is 0. The molecule has 6 aromatic carbocycles. The van der Waals surface area contributed by atoms with E-state index in [1.165, 1.54) is 33.0 Å². The highest BCUT2D eigenvalue weighted by atomic mass is 14.9. The fourth-order valence-corrected chi connectivity index (χ4v) is 8.40. The van der Waals surface area contributed by atoms with Gasteiger partial charge < -0.3 is 10.6 Å². The van der Waals surface area contributed by atoms with E-state index in [-0.39, 0.29) is 12.1 Å². The van der Waals surface area contributed by atoms with E-state index < -0.39 is 0 Å². The van der Waals surface area contributed by atoms with Crippen LogP contribution in [-0.2, 0) is 0 Å². The molecule has 11 rings (SSSR count). The molecule has 2 atom stereocenters. The number of benzene rings is 6. The van der Waals surface area contributed by atoms with Crippen LogP contribution in [0.1, 0.15) is 28.3 Å². The number of rotatable bonds is 5. The summed E-state index contributed by atoms with van der Waals surface area (Å²) in [6.07, 6.45) is 15.6. The number of hydrogen-bond donors (Lipinski definition) is 2. The van der Waals surface area contributed by atoms with Gasteiger partial charge in [0.25, 0.3) is 0 Å². The number of hydrogen-bond acceptors (Lipinski definition) is 4. The minimum atomic E-state index is -0.0227. The van der Waals surface area contributed by atoms with Crippen LogP contribution in [0.5, 0.6) is 0 Å². The summed E-state index contributed by atoms with van der Waals surface area (Å²) in [5.74, 6) is 0. The third kappa shape index (κ3) is 5.62. The van der Waals surface area contributed by atoms with Crippen LogP contribution in [0.25, 0.3) is 72.4 Å². The molecule has 4 heteroatoms. The maximum Gasteiger partial charge on any atom is 0.0947 e. The second-order valence-electron chi connectivity index (χ2n) is 14.7. The minimum Gasteiger partial charge on any atom is -0.374 e. The van der Waals surface area contributed by atoms with Gasteiger partial charge in [-0.25, -0.2) is 9.97 Å². The summed E-state index contributed by atoms with van der Waals surface area (Å²) >= 11 is 0. The molecule has 0 fully saturated rings. The Morgan fingerprint density at radius 3 is 2.12 bits per heavy atom. The summed E-state index contributed by atoms with van der Waals surface area (Å²) in [7, 11) is 0. The molecular formula is C52H36N4. The number of dihydropyridines is 1. The average molecular weight is 717 g/mol. The van der Waals surface area contributed by atoms with Gasteiger partial charge in [0.2, 0.25) is 0 Å². The summed E-state index contributed by atoms with van der Waals surface area (Å²) in [6, 6.07) is 53.8. The highest BCUT2D eigenvalue weighted by Crippen LogP contribution is 2.40. The van der Waals surface area contributed by atoms with Crippen LogP contribution in [0.4, 0.5) is 5.69 Å². The largest absolute Gasteiger partial charge is 0.374 e. The van der Waals surface area contributed by atoms with E-state index in [0.717, 1.165) is 66.8 Å². The zero-order chi connectivity index (χ0) is 37.0. The summed E-state index contributed by atoms with van der Waals surface area (Å²) in [6.45, 7) is 0. The van der Waals surface area contributed by atoms with E-state index in [2.05, 4.69) is 199 Å². The second-order valence-corrected chi connectivity index (χ2v) is 14.7. The van der Waals surface area contributed by atoms with Gasteiger partial charge in [0.1, 0.15) is 0 Å². The molecule has 1 aliphatic carbocycles. The molecule has 8 aromatic rings. The monoisotopic (exact) mass is 716 g/mol. The van der Waals surface area contributed by atoms with Crippen molar-refractivity contribution in [3.05, 3.63) is 216 Å². The molecular weight excluding hydrogens is 681 g/mol. The van der Waals surface area contributed by atoms with Crippen LogP contribution in [0.3, 0.4) is 0 Å². The Bertz CT molecular complexity index is 3020. The fraction of sp³-hybridized carbons (Fsp3) is 0.0385. The minimum absolute atomic E-state index is 0.0227. The van der Waals surface area contributed by atoms with Crippen LogP contribution in [0.2, 0.25) is 0 Å². The van der Waals surface area contributed by atoms with Crippen molar-refractivity contribution in [3.8, 4) is 22.5 Å². The first-order chi connectivity index (χ1) is 27.7. The molecule has 2 aliphatic heterocycles. The zero-order valence-corrected chi connectivity index (χ0v) is 30.5. The van der Waals surface area contributed by atoms with Gasteiger partial charge in [-0.2, -0.15) is 0 Å². The number of pyridine rings is 2. The topological polar surface area (TPSA) is 49.8 Å². The molecule has 3 aliphatic rings. The standard InChI is InChI=1S/C52H36N4/c1-3-9-33(10-4-1)39-19-15-35-21-27-46(53-49(35)31-39)40-20-16-36-22-29-47(54-50(36)32-40)43-25-26-44(42-14-8-7-13-41(42)43)48-30-24-38-18-17-37-23-28-45(34-11-5-2-6-12-34)55-51(37)52(38)56-48/h1-32,48-49,53,56H. The van der Waals surface area contributed by atoms with E-state index in [4.69, 9.17) is 9.97 Å². The molecule has 4 heterocycles. The predicted octanol–water partition coefficient (Wildman–Crippen LogP) is 12.3. The molecule has 2 aromatic heterocycles. The Balaban J connectivity index is 0.920. The van der Waals surface area contributed by atoms with Crippen molar-refractivity contribution in [2.24, 2.45) is 0 Å². The van der Waals surface area contributed by atoms with Crippen molar-refractivity contribution in [2.45, 2.75) is 12.1 Å². The van der Waals surface area contributed by atoms with Crippen molar-refractivity contribution in [1.29, 1.82) is 0 Å². The summed E-state index contributed by atoms with van der Waals surface area (Å²) in [5, 5.41) is 12.3. The highest BCUT2D eigenvalue weighted by molar-refractivity contribution is 6.01. The van der Waals surface area contributed by atoms with Crippen molar-refractivity contribution in [2.75, 3.05) is 5.32 Å². The third-order valence-corrected chi connectivity index (χ3v) is 11.3. The van der Waals surface area contributed by atoms with Gasteiger partial charge in [-0.3, -0.25) is 0 Å². The molecule has 0 amide bonds. The number of fused-ring (bicyclic) bond motifs is 6.